The molecule has 0 radical (unpaired) electrons. The minimum absolute atomic E-state index is 0.546. The quantitative estimate of drug-likeness (QED) is 0.304. The third-order valence-electron chi connectivity index (χ3n) is 4.91. The van der Waals surface area contributed by atoms with Gasteiger partial charge in [0.1, 0.15) is 0 Å². The lowest BCUT2D eigenvalue weighted by Crippen LogP contribution is -2.23. The Hall–Kier alpha value is -0.530. The molecule has 0 rings (SSSR count). The van der Waals surface area contributed by atoms with E-state index in [0.29, 0.717) is 0 Å². The lowest BCUT2D eigenvalue weighted by atomic mass is 9.87. The van der Waals surface area contributed by atoms with Crippen LogP contribution >= 0.6 is 0 Å². The Balaban J connectivity index is 3.18. The van der Waals surface area contributed by atoms with Crippen molar-refractivity contribution in [3.63, 3.8) is 0 Å². The van der Waals surface area contributed by atoms with E-state index < -0.39 is 11.4 Å². The van der Waals surface area contributed by atoms with Gasteiger partial charge in [-0.25, -0.2) is 0 Å². The van der Waals surface area contributed by atoms with Crippen LogP contribution in [0.2, 0.25) is 0 Å². The molecule has 0 aromatic heterocycles. The average Bonchev–Trinajstić information content (AvgIpc) is 2.47. The molecule has 0 aromatic rings. The number of rotatable bonds is 16. The summed E-state index contributed by atoms with van der Waals surface area (Å²) in [5, 5.41) is 9.06. The van der Waals surface area contributed by atoms with Crippen LogP contribution in [0.3, 0.4) is 0 Å². The van der Waals surface area contributed by atoms with Crippen LogP contribution in [0.4, 0.5) is 0 Å². The summed E-state index contributed by atoms with van der Waals surface area (Å²) in [6.07, 6.45) is 18.3. The van der Waals surface area contributed by atoms with E-state index in [2.05, 4.69) is 13.8 Å². The topological polar surface area (TPSA) is 37.3 Å². The fraction of sp³-hybridized carbons (Fsp3) is 0.952. The molecule has 2 nitrogen and oxygen atoms in total. The summed E-state index contributed by atoms with van der Waals surface area (Å²) in [7, 11) is 0. The maximum Gasteiger partial charge on any atom is 0.309 e. The zero-order chi connectivity index (χ0) is 17.6. The molecule has 0 saturated heterocycles. The summed E-state index contributed by atoms with van der Waals surface area (Å²) in [6, 6.07) is 0. The number of carbonyl (C=O) groups is 1. The van der Waals surface area contributed by atoms with Crippen molar-refractivity contribution >= 4 is 5.97 Å². The van der Waals surface area contributed by atoms with Crippen molar-refractivity contribution < 1.29 is 9.90 Å². The van der Waals surface area contributed by atoms with Crippen LogP contribution in [0.5, 0.6) is 0 Å². The average molecular weight is 327 g/mol. The molecule has 0 heterocycles. The van der Waals surface area contributed by atoms with E-state index in [1.165, 1.54) is 77.0 Å². The largest absolute Gasteiger partial charge is 0.481 e. The van der Waals surface area contributed by atoms with E-state index in [4.69, 9.17) is 5.11 Å². The molecule has 23 heavy (non-hydrogen) atoms. The maximum absolute atomic E-state index is 11.0. The van der Waals surface area contributed by atoms with Crippen LogP contribution < -0.4 is 0 Å². The van der Waals surface area contributed by atoms with Crippen molar-refractivity contribution in [3.05, 3.63) is 0 Å². The highest BCUT2D eigenvalue weighted by atomic mass is 16.4. The lowest BCUT2D eigenvalue weighted by Gasteiger charge is -2.18. The summed E-state index contributed by atoms with van der Waals surface area (Å²) in [6.45, 7) is 8.29. The predicted molar refractivity (Wildman–Crippen MR) is 101 cm³/mol. The van der Waals surface area contributed by atoms with Gasteiger partial charge in [-0.15, -0.1) is 0 Å². The highest BCUT2D eigenvalue weighted by Gasteiger charge is 2.25. The van der Waals surface area contributed by atoms with Gasteiger partial charge in [0.2, 0.25) is 0 Å². The lowest BCUT2D eigenvalue weighted by molar-refractivity contribution is -0.147. The molecule has 0 bridgehead atoms. The molecule has 2 heteroatoms. The standard InChI is InChI=1S/C21H42O2/c1-19(2)17-15-13-11-9-7-5-6-8-10-12-14-16-18-21(3,4)20(22)23/h19H,5-18H2,1-4H3,(H,22,23). The van der Waals surface area contributed by atoms with Crippen LogP contribution in [0.15, 0.2) is 0 Å². The Morgan fingerprint density at radius 1 is 0.739 bits per heavy atom. The van der Waals surface area contributed by atoms with Crippen LogP contribution in [-0.4, -0.2) is 11.1 Å². The van der Waals surface area contributed by atoms with Crippen LogP contribution in [0.25, 0.3) is 0 Å². The molecular formula is C21H42O2. The molecule has 0 unspecified atom stereocenters. The zero-order valence-corrected chi connectivity index (χ0v) is 16.3. The van der Waals surface area contributed by atoms with Gasteiger partial charge in [0, 0.05) is 0 Å². The first-order valence-corrected chi connectivity index (χ1v) is 10.1. The highest BCUT2D eigenvalue weighted by molar-refractivity contribution is 5.73. The summed E-state index contributed by atoms with van der Waals surface area (Å²) < 4.78 is 0. The van der Waals surface area contributed by atoms with Crippen molar-refractivity contribution in [2.45, 2.75) is 118 Å². The monoisotopic (exact) mass is 326 g/mol. The summed E-state index contributed by atoms with van der Waals surface area (Å²) in [5.74, 6) is 0.201. The third kappa shape index (κ3) is 14.8. The molecule has 0 aliphatic heterocycles. The number of aliphatic carboxylic acids is 1. The van der Waals surface area contributed by atoms with Gasteiger partial charge in [0.05, 0.1) is 5.41 Å². The first kappa shape index (κ1) is 22.5. The fourth-order valence-corrected chi connectivity index (χ4v) is 2.99. The molecule has 0 spiro atoms. The van der Waals surface area contributed by atoms with Crippen LogP contribution in [-0.2, 0) is 4.79 Å². The molecule has 0 aliphatic rings. The first-order valence-electron chi connectivity index (χ1n) is 10.1. The molecule has 1 N–H and O–H groups in total. The van der Waals surface area contributed by atoms with E-state index in [1.54, 1.807) is 0 Å². The first-order chi connectivity index (χ1) is 10.9. The van der Waals surface area contributed by atoms with E-state index in [0.717, 1.165) is 18.8 Å². The second kappa shape index (κ2) is 13.9. The van der Waals surface area contributed by atoms with Gasteiger partial charge >= 0.3 is 5.97 Å². The number of unbranched alkanes of at least 4 members (excludes halogenated alkanes) is 11. The smallest absolute Gasteiger partial charge is 0.309 e. The third-order valence-corrected chi connectivity index (χ3v) is 4.91. The van der Waals surface area contributed by atoms with Crippen molar-refractivity contribution in [1.82, 2.24) is 0 Å². The second-order valence-electron chi connectivity index (χ2n) is 8.36. The molecule has 0 amide bonds. The van der Waals surface area contributed by atoms with Gasteiger partial charge in [-0.3, -0.25) is 4.79 Å². The van der Waals surface area contributed by atoms with E-state index in [1.807, 2.05) is 13.8 Å². The van der Waals surface area contributed by atoms with Crippen molar-refractivity contribution in [3.8, 4) is 0 Å². The summed E-state index contributed by atoms with van der Waals surface area (Å²) in [4.78, 5) is 11.0. The van der Waals surface area contributed by atoms with Gasteiger partial charge in [0.25, 0.3) is 0 Å². The van der Waals surface area contributed by atoms with Crippen LogP contribution in [0.1, 0.15) is 118 Å². The molecule has 0 fully saturated rings. The van der Waals surface area contributed by atoms with Gasteiger partial charge in [-0.2, -0.15) is 0 Å². The van der Waals surface area contributed by atoms with Crippen molar-refractivity contribution in [1.29, 1.82) is 0 Å². The second-order valence-corrected chi connectivity index (χ2v) is 8.36. The van der Waals surface area contributed by atoms with Crippen LogP contribution in [0, 0.1) is 11.3 Å². The Morgan fingerprint density at radius 3 is 1.43 bits per heavy atom. The molecule has 0 atom stereocenters. The molecular weight excluding hydrogens is 284 g/mol. The minimum atomic E-state index is -0.665. The van der Waals surface area contributed by atoms with Gasteiger partial charge in [-0.1, -0.05) is 97.3 Å². The zero-order valence-electron chi connectivity index (χ0n) is 16.3. The van der Waals surface area contributed by atoms with E-state index in [9.17, 15) is 4.79 Å². The SMILES string of the molecule is CC(C)CCCCCCCCCCCCCCC(C)(C)C(=O)O. The van der Waals surface area contributed by atoms with Gasteiger partial charge < -0.3 is 5.11 Å². The summed E-state index contributed by atoms with van der Waals surface area (Å²) >= 11 is 0. The van der Waals surface area contributed by atoms with E-state index in [-0.39, 0.29) is 0 Å². The Morgan fingerprint density at radius 2 is 1.09 bits per heavy atom. The molecule has 0 aliphatic carbocycles. The number of carboxylic acids is 1. The van der Waals surface area contributed by atoms with Crippen molar-refractivity contribution in [2.24, 2.45) is 11.3 Å². The Bertz CT molecular complexity index is 282. The van der Waals surface area contributed by atoms with Gasteiger partial charge in [0.15, 0.2) is 0 Å². The summed E-state index contributed by atoms with van der Waals surface area (Å²) in [5.41, 5.74) is -0.546. The predicted octanol–water partition coefficient (Wildman–Crippen LogP) is 7.21. The minimum Gasteiger partial charge on any atom is -0.481 e. The normalized spacial score (nSPS) is 12.0. The Labute approximate surface area is 145 Å². The number of carboxylic acid groups (broad SMARTS) is 1. The number of hydrogen-bond donors (Lipinski definition) is 1. The van der Waals surface area contributed by atoms with Gasteiger partial charge in [-0.05, 0) is 26.2 Å². The number of hydrogen-bond acceptors (Lipinski definition) is 1. The Kier molecular flexibility index (Phi) is 13.5. The maximum atomic E-state index is 11.0. The highest BCUT2D eigenvalue weighted by Crippen LogP contribution is 2.24. The van der Waals surface area contributed by atoms with E-state index >= 15 is 0 Å². The van der Waals surface area contributed by atoms with Crippen molar-refractivity contribution in [2.75, 3.05) is 0 Å². The molecule has 0 aromatic carbocycles. The molecule has 0 saturated carbocycles. The fourth-order valence-electron chi connectivity index (χ4n) is 2.99. The molecule has 138 valence electrons.